The quantitative estimate of drug-likeness (QED) is 0.0659. The van der Waals surface area contributed by atoms with E-state index in [1.807, 2.05) is 6.92 Å². The second-order valence-electron chi connectivity index (χ2n) is 12.0. The van der Waals surface area contributed by atoms with Gasteiger partial charge in [0.15, 0.2) is 9.84 Å². The summed E-state index contributed by atoms with van der Waals surface area (Å²) in [6, 6.07) is 14.6. The molecule has 0 aliphatic heterocycles. The largest absolute Gasteiger partial charge is 0.466 e. The lowest BCUT2D eigenvalue weighted by atomic mass is 9.99. The molecule has 0 aliphatic rings. The Kier molecular flexibility index (Phi) is 15.1. The molecule has 0 aliphatic carbocycles. The summed E-state index contributed by atoms with van der Waals surface area (Å²) < 4.78 is 40.5. The normalized spacial score (nSPS) is 12.2. The topological polar surface area (TPSA) is 154 Å². The van der Waals surface area contributed by atoms with Crippen molar-refractivity contribution in [2.45, 2.75) is 96.0 Å². The van der Waals surface area contributed by atoms with Crippen molar-refractivity contribution in [1.82, 2.24) is 0 Å². The Morgan fingerprint density at radius 2 is 1.44 bits per heavy atom. The number of nitrogens with one attached hydrogen (secondary N) is 1. The second kappa shape index (κ2) is 18.2. The van der Waals surface area contributed by atoms with E-state index in [0.717, 1.165) is 24.8 Å². The fourth-order valence-electron chi connectivity index (χ4n) is 4.35. The molecule has 0 heterocycles. The molecule has 1 N–H and O–H groups in total. The van der Waals surface area contributed by atoms with Gasteiger partial charge in [0.05, 0.1) is 35.2 Å². The summed E-state index contributed by atoms with van der Waals surface area (Å²) in [5, 5.41) is 8.07. The summed E-state index contributed by atoms with van der Waals surface area (Å²) >= 11 is 0. The van der Waals surface area contributed by atoms with Gasteiger partial charge in [-0.15, -0.1) is 0 Å². The van der Waals surface area contributed by atoms with Crippen LogP contribution in [0.1, 0.15) is 94.5 Å². The average molecular weight is 644 g/mol. The highest BCUT2D eigenvalue weighted by atomic mass is 32.2. The van der Waals surface area contributed by atoms with Gasteiger partial charge in [-0.25, -0.2) is 13.2 Å². The molecule has 0 saturated carbocycles. The molecule has 246 valence electrons. The number of esters is 4. The SMILES string of the molecule is Cc1ccc(S(=O)(=O)CC(=N)CCCCCCCOC(=O)CCC(CC(=O)OC(C)(C)C)C(=O)OC(=O)c2ccccc2)cc1. The maximum atomic E-state index is 12.8. The molecular formula is C34H45NO9S. The minimum atomic E-state index is -3.52. The fourth-order valence-corrected chi connectivity index (χ4v) is 5.67. The predicted octanol–water partition coefficient (Wildman–Crippen LogP) is 6.18. The maximum absolute atomic E-state index is 12.8. The van der Waals surface area contributed by atoms with E-state index in [1.165, 1.54) is 12.1 Å². The Morgan fingerprint density at radius 1 is 0.822 bits per heavy atom. The van der Waals surface area contributed by atoms with Gasteiger partial charge in [0.1, 0.15) is 5.60 Å². The second-order valence-corrected chi connectivity index (χ2v) is 14.0. The van der Waals surface area contributed by atoms with Crippen LogP contribution in [-0.2, 0) is 38.4 Å². The highest BCUT2D eigenvalue weighted by molar-refractivity contribution is 7.92. The monoisotopic (exact) mass is 643 g/mol. The van der Waals surface area contributed by atoms with E-state index >= 15 is 0 Å². The van der Waals surface area contributed by atoms with Gasteiger partial charge in [0, 0.05) is 12.1 Å². The standard InChI is InChI=1S/C34H45NO9S/c1-25-16-19-29(20-17-25)45(40,41)24-28(35)15-11-6-5-7-12-22-42-30(36)21-18-27(23-31(37)44-34(2,3)4)33(39)43-32(38)26-13-9-8-10-14-26/h8-10,13-14,16-17,19-20,27,35H,5-7,11-12,15,18,21-24H2,1-4H3. The number of sulfone groups is 1. The zero-order valence-corrected chi connectivity index (χ0v) is 27.5. The predicted molar refractivity (Wildman–Crippen MR) is 170 cm³/mol. The van der Waals surface area contributed by atoms with Crippen molar-refractivity contribution >= 4 is 39.4 Å². The molecule has 45 heavy (non-hydrogen) atoms. The summed E-state index contributed by atoms with van der Waals surface area (Å²) in [6.07, 6.45) is 3.64. The van der Waals surface area contributed by atoms with Crippen LogP contribution < -0.4 is 0 Å². The fraction of sp³-hybridized carbons (Fsp3) is 0.500. The van der Waals surface area contributed by atoms with Crippen LogP contribution in [0.5, 0.6) is 0 Å². The molecule has 1 atom stereocenters. The van der Waals surface area contributed by atoms with E-state index in [0.29, 0.717) is 19.3 Å². The first kappa shape index (κ1) is 37.3. The lowest BCUT2D eigenvalue weighted by Crippen LogP contribution is -2.29. The molecule has 2 aromatic rings. The van der Waals surface area contributed by atoms with Crippen molar-refractivity contribution in [2.75, 3.05) is 12.4 Å². The zero-order valence-electron chi connectivity index (χ0n) is 26.6. The van der Waals surface area contributed by atoms with E-state index in [-0.39, 0.29) is 47.8 Å². The average Bonchev–Trinajstić information content (AvgIpc) is 2.96. The molecule has 0 aromatic heterocycles. The third kappa shape index (κ3) is 15.1. The molecule has 0 radical (unpaired) electrons. The van der Waals surface area contributed by atoms with Crippen LogP contribution in [0.25, 0.3) is 0 Å². The van der Waals surface area contributed by atoms with Gasteiger partial charge in [0.25, 0.3) is 0 Å². The van der Waals surface area contributed by atoms with Crippen molar-refractivity contribution in [3.8, 4) is 0 Å². The van der Waals surface area contributed by atoms with Crippen molar-refractivity contribution < 1.29 is 41.8 Å². The molecule has 11 heteroatoms. The first-order valence-electron chi connectivity index (χ1n) is 15.2. The number of aryl methyl sites for hydroxylation is 1. The number of hydrogen-bond donors (Lipinski definition) is 1. The number of hydrogen-bond acceptors (Lipinski definition) is 10. The summed E-state index contributed by atoms with van der Waals surface area (Å²) in [5.74, 6) is -4.29. The summed E-state index contributed by atoms with van der Waals surface area (Å²) in [6.45, 7) is 7.16. The van der Waals surface area contributed by atoms with Gasteiger partial charge in [-0.05, 0) is 77.6 Å². The van der Waals surface area contributed by atoms with Gasteiger partial charge >= 0.3 is 23.9 Å². The molecule has 10 nitrogen and oxygen atoms in total. The summed E-state index contributed by atoms with van der Waals surface area (Å²) in [7, 11) is -3.52. The third-order valence-corrected chi connectivity index (χ3v) is 8.42. The molecule has 1 unspecified atom stereocenters. The Labute approximate surface area is 266 Å². The molecular weight excluding hydrogens is 598 g/mol. The molecule has 0 saturated heterocycles. The van der Waals surface area contributed by atoms with E-state index in [4.69, 9.17) is 19.6 Å². The van der Waals surface area contributed by atoms with Gasteiger partial charge in [0.2, 0.25) is 0 Å². The maximum Gasteiger partial charge on any atom is 0.345 e. The van der Waals surface area contributed by atoms with E-state index in [1.54, 1.807) is 63.2 Å². The van der Waals surface area contributed by atoms with Crippen LogP contribution in [-0.4, -0.2) is 56.0 Å². The molecule has 0 bridgehead atoms. The van der Waals surface area contributed by atoms with Crippen LogP contribution in [0.15, 0.2) is 59.5 Å². The van der Waals surface area contributed by atoms with Crippen molar-refractivity contribution in [3.63, 3.8) is 0 Å². The molecule has 0 amide bonds. The van der Waals surface area contributed by atoms with E-state index in [9.17, 15) is 27.6 Å². The highest BCUT2D eigenvalue weighted by Gasteiger charge is 2.29. The van der Waals surface area contributed by atoms with Crippen LogP contribution in [0.4, 0.5) is 0 Å². The van der Waals surface area contributed by atoms with Gasteiger partial charge in [-0.2, -0.15) is 0 Å². The smallest absolute Gasteiger partial charge is 0.345 e. The van der Waals surface area contributed by atoms with E-state index < -0.39 is 45.2 Å². The van der Waals surface area contributed by atoms with Crippen LogP contribution in [0, 0.1) is 18.3 Å². The molecule has 2 rings (SSSR count). The van der Waals surface area contributed by atoms with Gasteiger partial charge < -0.3 is 19.6 Å². The summed E-state index contributed by atoms with van der Waals surface area (Å²) in [4.78, 5) is 50.1. The highest BCUT2D eigenvalue weighted by Crippen LogP contribution is 2.19. The lowest BCUT2D eigenvalue weighted by Gasteiger charge is -2.21. The van der Waals surface area contributed by atoms with Crippen molar-refractivity contribution in [3.05, 3.63) is 65.7 Å². The summed E-state index contributed by atoms with van der Waals surface area (Å²) in [5.41, 5.74) is 0.570. The Hall–Kier alpha value is -3.86. The number of carbonyl (C=O) groups excluding carboxylic acids is 4. The molecule has 0 spiro atoms. The molecule has 0 fully saturated rings. The Bertz CT molecular complexity index is 1400. The number of unbranched alkanes of at least 4 members (excludes halogenated alkanes) is 4. The van der Waals surface area contributed by atoms with Gasteiger partial charge in [-0.1, -0.05) is 55.2 Å². The van der Waals surface area contributed by atoms with Crippen LogP contribution >= 0.6 is 0 Å². The van der Waals surface area contributed by atoms with E-state index in [2.05, 4.69) is 0 Å². The Morgan fingerprint density at radius 3 is 2.09 bits per heavy atom. The lowest BCUT2D eigenvalue weighted by molar-refractivity contribution is -0.160. The first-order chi connectivity index (χ1) is 21.2. The van der Waals surface area contributed by atoms with Crippen molar-refractivity contribution in [1.29, 1.82) is 5.41 Å². The number of rotatable bonds is 18. The minimum Gasteiger partial charge on any atom is -0.466 e. The number of benzene rings is 2. The van der Waals surface area contributed by atoms with Crippen molar-refractivity contribution in [2.24, 2.45) is 5.92 Å². The first-order valence-corrected chi connectivity index (χ1v) is 16.9. The van der Waals surface area contributed by atoms with Crippen LogP contribution in [0.2, 0.25) is 0 Å². The van der Waals surface area contributed by atoms with Gasteiger partial charge in [-0.3, -0.25) is 14.4 Å². The number of ether oxygens (including phenoxy) is 3. The Balaban J connectivity index is 1.69. The zero-order chi connectivity index (χ0) is 33.5. The number of carbonyl (C=O) groups is 4. The van der Waals surface area contributed by atoms with Crippen LogP contribution in [0.3, 0.4) is 0 Å². The minimum absolute atomic E-state index is 0.0510. The molecule has 2 aromatic carbocycles. The third-order valence-electron chi connectivity index (χ3n) is 6.70.